The summed E-state index contributed by atoms with van der Waals surface area (Å²) in [5.74, 6) is 0.818. The molecule has 0 saturated carbocycles. The fourth-order valence-electron chi connectivity index (χ4n) is 2.67. The molecule has 0 aliphatic carbocycles. The van der Waals surface area contributed by atoms with Crippen molar-refractivity contribution in [1.29, 1.82) is 0 Å². The molecule has 116 valence electrons. The Morgan fingerprint density at radius 3 is 2.68 bits per heavy atom. The van der Waals surface area contributed by atoms with Gasteiger partial charge in [-0.05, 0) is 32.0 Å². The van der Waals surface area contributed by atoms with Crippen LogP contribution in [0.3, 0.4) is 0 Å². The van der Waals surface area contributed by atoms with Gasteiger partial charge in [-0.25, -0.2) is 0 Å². The van der Waals surface area contributed by atoms with Gasteiger partial charge in [-0.3, -0.25) is 0 Å². The first-order valence-corrected chi connectivity index (χ1v) is 7.79. The summed E-state index contributed by atoms with van der Waals surface area (Å²) in [6, 6.07) is 14.6. The number of ether oxygens (including phenoxy) is 1. The largest absolute Gasteiger partial charge is 0.490 e. The van der Waals surface area contributed by atoms with Gasteiger partial charge in [0.1, 0.15) is 25.0 Å². The summed E-state index contributed by atoms with van der Waals surface area (Å²) < 4.78 is 5.89. The monoisotopic (exact) mass is 299 g/mol. The molecule has 0 aliphatic rings. The fourth-order valence-corrected chi connectivity index (χ4v) is 2.67. The summed E-state index contributed by atoms with van der Waals surface area (Å²) in [4.78, 5) is 3.40. The Morgan fingerprint density at radius 2 is 1.86 bits per heavy atom. The zero-order valence-corrected chi connectivity index (χ0v) is 13.0. The van der Waals surface area contributed by atoms with E-state index in [1.54, 1.807) is 0 Å². The van der Waals surface area contributed by atoms with Crippen LogP contribution < -0.4 is 10.1 Å². The van der Waals surface area contributed by atoms with Crippen molar-refractivity contribution in [3.05, 3.63) is 42.5 Å². The topological polar surface area (TPSA) is 61.9 Å². The number of aromatic amines is 1. The highest BCUT2D eigenvalue weighted by Gasteiger charge is 2.12. The second-order valence-electron chi connectivity index (χ2n) is 6.03. The number of H-pyrrole nitrogens is 1. The molecule has 0 unspecified atom stereocenters. The highest BCUT2D eigenvalue weighted by atomic mass is 16.5. The van der Waals surface area contributed by atoms with Crippen LogP contribution in [0.1, 0.15) is 13.8 Å². The van der Waals surface area contributed by atoms with Crippen molar-refractivity contribution in [3.8, 4) is 5.75 Å². The van der Waals surface area contributed by atoms with Crippen molar-refractivity contribution in [2.75, 3.05) is 13.2 Å². The molecule has 4 heteroatoms. The minimum absolute atomic E-state index is 0.307. The van der Waals surface area contributed by atoms with Crippen molar-refractivity contribution in [2.24, 2.45) is 0 Å². The molecule has 3 aromatic rings. The van der Waals surface area contributed by atoms with Crippen LogP contribution in [0.5, 0.6) is 5.75 Å². The van der Waals surface area contributed by atoms with Crippen LogP contribution in [0, 0.1) is 0 Å². The fraction of sp³-hybridized carbons (Fsp3) is 0.333. The van der Waals surface area contributed by atoms with E-state index in [2.05, 4.69) is 36.3 Å². The molecule has 2 aromatic carbocycles. The Labute approximate surface area is 130 Å². The predicted octanol–water partition coefficient (Wildman–Crippen LogP) is 2.03. The lowest BCUT2D eigenvalue weighted by atomic mass is 10.1. The number of hydrogen-bond acceptors (Lipinski definition) is 2. The third kappa shape index (κ3) is 3.08. The van der Waals surface area contributed by atoms with Gasteiger partial charge in [-0.15, -0.1) is 0 Å². The van der Waals surface area contributed by atoms with Crippen molar-refractivity contribution in [2.45, 2.75) is 26.0 Å². The summed E-state index contributed by atoms with van der Waals surface area (Å²) >= 11 is 0. The predicted molar refractivity (Wildman–Crippen MR) is 89.2 cm³/mol. The first-order chi connectivity index (χ1) is 10.6. The average Bonchev–Trinajstić information content (AvgIpc) is 2.90. The van der Waals surface area contributed by atoms with E-state index in [-0.39, 0.29) is 0 Å². The molecule has 1 heterocycles. The van der Waals surface area contributed by atoms with Crippen molar-refractivity contribution in [3.63, 3.8) is 0 Å². The summed E-state index contributed by atoms with van der Waals surface area (Å²) in [6.45, 7) is 5.18. The smallest absolute Gasteiger partial charge is 0.137 e. The van der Waals surface area contributed by atoms with E-state index in [9.17, 15) is 5.11 Å². The third-order valence-corrected chi connectivity index (χ3v) is 3.80. The normalized spacial score (nSPS) is 13.1. The summed E-state index contributed by atoms with van der Waals surface area (Å²) in [7, 11) is 0. The van der Waals surface area contributed by atoms with Gasteiger partial charge in [0.25, 0.3) is 0 Å². The molecule has 4 N–H and O–H groups in total. The van der Waals surface area contributed by atoms with Gasteiger partial charge in [0.15, 0.2) is 0 Å². The average molecular weight is 299 g/mol. The van der Waals surface area contributed by atoms with Crippen LogP contribution in [0.2, 0.25) is 0 Å². The van der Waals surface area contributed by atoms with Gasteiger partial charge in [-0.2, -0.15) is 0 Å². The number of aliphatic hydroxyl groups is 1. The minimum Gasteiger partial charge on any atom is -0.490 e. The van der Waals surface area contributed by atoms with E-state index in [1.807, 2.05) is 30.3 Å². The molecule has 22 heavy (non-hydrogen) atoms. The van der Waals surface area contributed by atoms with Gasteiger partial charge >= 0.3 is 0 Å². The minimum atomic E-state index is -0.470. The van der Waals surface area contributed by atoms with Crippen LogP contribution >= 0.6 is 0 Å². The maximum Gasteiger partial charge on any atom is 0.137 e. The zero-order valence-electron chi connectivity index (χ0n) is 13.0. The van der Waals surface area contributed by atoms with E-state index in [1.165, 1.54) is 0 Å². The summed E-state index contributed by atoms with van der Waals surface area (Å²) in [6.07, 6.45) is -0.470. The second kappa shape index (κ2) is 6.38. The highest BCUT2D eigenvalue weighted by Crippen LogP contribution is 2.32. The first kappa shape index (κ1) is 14.9. The van der Waals surface area contributed by atoms with Crippen LogP contribution in [0.25, 0.3) is 21.8 Å². The summed E-state index contributed by atoms with van der Waals surface area (Å²) in [5.41, 5.74) is 2.16. The third-order valence-electron chi connectivity index (χ3n) is 3.80. The lowest BCUT2D eigenvalue weighted by molar-refractivity contribution is -0.688. The molecular formula is C18H23N2O2+. The molecule has 0 amide bonds. The number of aliphatic hydroxyl groups excluding tert-OH is 1. The number of benzene rings is 2. The van der Waals surface area contributed by atoms with Crippen LogP contribution in [0.15, 0.2) is 42.5 Å². The molecular weight excluding hydrogens is 276 g/mol. The number of hydrogen-bond donors (Lipinski definition) is 3. The number of nitrogens with two attached hydrogens (primary N) is 1. The number of quaternary nitrogens is 1. The quantitative estimate of drug-likeness (QED) is 0.652. The highest BCUT2D eigenvalue weighted by molar-refractivity contribution is 6.10. The van der Waals surface area contributed by atoms with Gasteiger partial charge < -0.3 is 20.1 Å². The molecule has 0 aliphatic heterocycles. The Balaban J connectivity index is 1.82. The van der Waals surface area contributed by atoms with Crippen molar-refractivity contribution in [1.82, 2.24) is 4.98 Å². The van der Waals surface area contributed by atoms with E-state index < -0.39 is 6.10 Å². The van der Waals surface area contributed by atoms with E-state index >= 15 is 0 Å². The molecule has 0 radical (unpaired) electrons. The van der Waals surface area contributed by atoms with Crippen molar-refractivity contribution < 1.29 is 15.2 Å². The second-order valence-corrected chi connectivity index (χ2v) is 6.03. The maximum atomic E-state index is 10.0. The number of rotatable bonds is 6. The van der Waals surface area contributed by atoms with Crippen molar-refractivity contribution >= 4 is 21.8 Å². The molecule has 0 saturated heterocycles. The number of fused-ring (bicyclic) bond motifs is 3. The van der Waals surface area contributed by atoms with Crippen LogP contribution in [-0.2, 0) is 0 Å². The Kier molecular flexibility index (Phi) is 4.32. The Bertz CT molecular complexity index is 764. The number of nitrogens with one attached hydrogen (secondary N) is 1. The van der Waals surface area contributed by atoms with Gasteiger partial charge in [0.2, 0.25) is 0 Å². The summed E-state index contributed by atoms with van der Waals surface area (Å²) in [5, 5.41) is 14.4. The lowest BCUT2D eigenvalue weighted by Crippen LogP contribution is -2.90. The number of aromatic nitrogens is 1. The molecule has 0 spiro atoms. The maximum absolute atomic E-state index is 10.0. The standard InChI is InChI=1S/C18H22N2O2/c1-12(2)19-10-13(21)11-22-17-9-5-8-16-18(17)14-6-3-4-7-15(14)20-16/h3-9,12-13,19-21H,10-11H2,1-2H3/p+1/t13-/m1/s1. The molecule has 0 bridgehead atoms. The SMILES string of the molecule is CC(C)[NH2+]C[C@@H](O)COc1cccc2[nH]c3ccccc3c12. The molecule has 4 nitrogen and oxygen atoms in total. The Hall–Kier alpha value is -2.04. The van der Waals surface area contributed by atoms with Crippen LogP contribution in [-0.4, -0.2) is 35.4 Å². The first-order valence-electron chi connectivity index (χ1n) is 7.79. The molecule has 1 atom stereocenters. The number of para-hydroxylation sites is 1. The van der Waals surface area contributed by atoms with E-state index in [0.29, 0.717) is 19.2 Å². The van der Waals surface area contributed by atoms with E-state index in [4.69, 9.17) is 4.74 Å². The molecule has 1 aromatic heterocycles. The van der Waals surface area contributed by atoms with E-state index in [0.717, 1.165) is 27.6 Å². The van der Waals surface area contributed by atoms with Gasteiger partial charge in [0.05, 0.1) is 11.6 Å². The zero-order chi connectivity index (χ0) is 15.5. The Morgan fingerprint density at radius 1 is 1.09 bits per heavy atom. The van der Waals surface area contributed by atoms with Gasteiger partial charge in [-0.1, -0.05) is 24.3 Å². The van der Waals surface area contributed by atoms with Crippen LogP contribution in [0.4, 0.5) is 0 Å². The molecule has 0 fully saturated rings. The van der Waals surface area contributed by atoms with Gasteiger partial charge in [0, 0.05) is 16.3 Å². The molecule has 3 rings (SSSR count). The lowest BCUT2D eigenvalue weighted by Gasteiger charge is -2.13.